The Balaban J connectivity index is 2.08. The van der Waals surface area contributed by atoms with Gasteiger partial charge in [0.05, 0.1) is 11.8 Å². The number of aliphatic carboxylic acids is 1. The van der Waals surface area contributed by atoms with Crippen LogP contribution in [0.4, 0.5) is 0 Å². The van der Waals surface area contributed by atoms with Crippen LogP contribution in [0.15, 0.2) is 42.5 Å². The zero-order valence-electron chi connectivity index (χ0n) is 21.1. The van der Waals surface area contributed by atoms with E-state index >= 15 is 0 Å². The molecule has 0 aliphatic rings. The van der Waals surface area contributed by atoms with Gasteiger partial charge < -0.3 is 9.84 Å². The SMILES string of the molecule is CCCC[C@@H](C[C@@H](CCc1ccc(-c2c(C)cccc2C)cc1)C(=O)O)C(=O)OC(C)(C)C. The highest BCUT2D eigenvalue weighted by Gasteiger charge is 2.30. The normalized spacial score (nSPS) is 13.4. The monoisotopic (exact) mass is 452 g/mol. The fourth-order valence-electron chi connectivity index (χ4n) is 4.30. The first kappa shape index (κ1) is 26.6. The molecule has 0 spiro atoms. The van der Waals surface area contributed by atoms with Crippen LogP contribution in [0.25, 0.3) is 11.1 Å². The second-order valence-electron chi connectivity index (χ2n) is 10.1. The summed E-state index contributed by atoms with van der Waals surface area (Å²) in [5.74, 6) is -2.07. The summed E-state index contributed by atoms with van der Waals surface area (Å²) in [7, 11) is 0. The van der Waals surface area contributed by atoms with Gasteiger partial charge in [-0.15, -0.1) is 0 Å². The number of esters is 1. The number of carboxylic acid groups (broad SMARTS) is 1. The topological polar surface area (TPSA) is 63.6 Å². The van der Waals surface area contributed by atoms with E-state index in [1.165, 1.54) is 22.3 Å². The maximum Gasteiger partial charge on any atom is 0.309 e. The Morgan fingerprint density at radius 3 is 2.06 bits per heavy atom. The van der Waals surface area contributed by atoms with Crippen LogP contribution in [0.5, 0.6) is 0 Å². The van der Waals surface area contributed by atoms with E-state index in [4.69, 9.17) is 4.74 Å². The average molecular weight is 453 g/mol. The van der Waals surface area contributed by atoms with E-state index in [0.717, 1.165) is 18.4 Å². The molecular formula is C29H40O4. The fraction of sp³-hybridized carbons (Fsp3) is 0.517. The molecule has 0 bridgehead atoms. The van der Waals surface area contributed by atoms with Gasteiger partial charge in [0.25, 0.3) is 0 Å². The first-order chi connectivity index (χ1) is 15.5. The van der Waals surface area contributed by atoms with Gasteiger partial charge >= 0.3 is 11.9 Å². The molecule has 2 aromatic carbocycles. The van der Waals surface area contributed by atoms with Crippen LogP contribution in [-0.2, 0) is 20.7 Å². The number of carboxylic acids is 1. The number of hydrogen-bond donors (Lipinski definition) is 1. The van der Waals surface area contributed by atoms with Gasteiger partial charge in [-0.25, -0.2) is 0 Å². The van der Waals surface area contributed by atoms with Crippen molar-refractivity contribution in [3.8, 4) is 11.1 Å². The molecular weight excluding hydrogens is 412 g/mol. The molecule has 0 amide bonds. The number of benzene rings is 2. The lowest BCUT2D eigenvalue weighted by atomic mass is 9.86. The quantitative estimate of drug-likeness (QED) is 0.368. The summed E-state index contributed by atoms with van der Waals surface area (Å²) in [6.07, 6.45) is 4.01. The van der Waals surface area contributed by atoms with Gasteiger partial charge in [0.1, 0.15) is 5.60 Å². The minimum atomic E-state index is -0.841. The maximum absolute atomic E-state index is 12.7. The van der Waals surface area contributed by atoms with Gasteiger partial charge in [-0.2, -0.15) is 0 Å². The second-order valence-corrected chi connectivity index (χ2v) is 10.1. The average Bonchev–Trinajstić information content (AvgIpc) is 2.72. The minimum Gasteiger partial charge on any atom is -0.481 e. The fourth-order valence-corrected chi connectivity index (χ4v) is 4.30. The van der Waals surface area contributed by atoms with Gasteiger partial charge in [-0.3, -0.25) is 9.59 Å². The first-order valence-corrected chi connectivity index (χ1v) is 12.1. The Kier molecular flexibility index (Phi) is 9.70. The van der Waals surface area contributed by atoms with E-state index in [9.17, 15) is 14.7 Å². The maximum atomic E-state index is 12.7. The summed E-state index contributed by atoms with van der Waals surface area (Å²) in [6, 6.07) is 14.7. The third-order valence-corrected chi connectivity index (χ3v) is 6.07. The van der Waals surface area contributed by atoms with Crippen molar-refractivity contribution in [2.75, 3.05) is 0 Å². The molecule has 1 N–H and O–H groups in total. The number of hydrogen-bond acceptors (Lipinski definition) is 3. The van der Waals surface area contributed by atoms with E-state index in [1.54, 1.807) is 0 Å². The molecule has 4 heteroatoms. The predicted molar refractivity (Wildman–Crippen MR) is 134 cm³/mol. The minimum absolute atomic E-state index is 0.278. The highest BCUT2D eigenvalue weighted by molar-refractivity contribution is 5.75. The van der Waals surface area contributed by atoms with Crippen LogP contribution in [0.3, 0.4) is 0 Å². The Hall–Kier alpha value is -2.62. The molecule has 0 heterocycles. The zero-order chi connectivity index (χ0) is 24.6. The first-order valence-electron chi connectivity index (χ1n) is 12.1. The highest BCUT2D eigenvalue weighted by Crippen LogP contribution is 2.29. The van der Waals surface area contributed by atoms with Crippen molar-refractivity contribution in [2.45, 2.75) is 85.7 Å². The lowest BCUT2D eigenvalue weighted by Crippen LogP contribution is -2.31. The molecule has 2 aromatic rings. The summed E-state index contributed by atoms with van der Waals surface area (Å²) >= 11 is 0. The van der Waals surface area contributed by atoms with E-state index in [1.807, 2.05) is 20.8 Å². The van der Waals surface area contributed by atoms with Crippen molar-refractivity contribution in [2.24, 2.45) is 11.8 Å². The summed E-state index contributed by atoms with van der Waals surface area (Å²) < 4.78 is 5.58. The van der Waals surface area contributed by atoms with E-state index in [-0.39, 0.29) is 11.9 Å². The van der Waals surface area contributed by atoms with Crippen LogP contribution < -0.4 is 0 Å². The second kappa shape index (κ2) is 12.0. The lowest BCUT2D eigenvalue weighted by molar-refractivity contribution is -0.161. The van der Waals surface area contributed by atoms with Gasteiger partial charge in [-0.1, -0.05) is 62.2 Å². The number of unbranched alkanes of at least 4 members (excludes halogenated alkanes) is 1. The standard InChI is InChI=1S/C29H40O4/c1-7-8-12-25(28(32)33-29(4,5)6)19-24(27(30)31)18-15-22-13-16-23(17-14-22)26-20(2)10-9-11-21(26)3/h9-11,13-14,16-17,24-25H,7-8,12,15,18-19H2,1-6H3,(H,30,31)/t24-,25+/m1/s1. The van der Waals surface area contributed by atoms with Crippen molar-refractivity contribution in [1.82, 2.24) is 0 Å². The summed E-state index contributed by atoms with van der Waals surface area (Å²) in [6.45, 7) is 11.8. The molecule has 0 aliphatic heterocycles. The molecule has 33 heavy (non-hydrogen) atoms. The van der Waals surface area contributed by atoms with Crippen LogP contribution in [0, 0.1) is 25.7 Å². The predicted octanol–water partition coefficient (Wildman–Crippen LogP) is 7.14. The Morgan fingerprint density at radius 2 is 1.55 bits per heavy atom. The molecule has 180 valence electrons. The Bertz CT molecular complexity index is 901. The highest BCUT2D eigenvalue weighted by atomic mass is 16.6. The number of ether oxygens (including phenoxy) is 1. The van der Waals surface area contributed by atoms with Crippen LogP contribution >= 0.6 is 0 Å². The van der Waals surface area contributed by atoms with Gasteiger partial charge in [0.2, 0.25) is 0 Å². The number of rotatable bonds is 11. The van der Waals surface area contributed by atoms with Gasteiger partial charge in [-0.05, 0) is 88.1 Å². The molecule has 0 aromatic heterocycles. The molecule has 2 rings (SSSR count). The number of carbonyl (C=O) groups excluding carboxylic acids is 1. The number of aryl methyl sites for hydroxylation is 3. The van der Waals surface area contributed by atoms with Crippen molar-refractivity contribution >= 4 is 11.9 Å². The van der Waals surface area contributed by atoms with Crippen LogP contribution in [0.1, 0.15) is 76.5 Å². The third kappa shape index (κ3) is 8.34. The van der Waals surface area contributed by atoms with Gasteiger partial charge in [0, 0.05) is 0 Å². The molecule has 0 aliphatic carbocycles. The summed E-state index contributed by atoms with van der Waals surface area (Å²) in [5.41, 5.74) is 5.45. The Labute approximate surface area is 199 Å². The van der Waals surface area contributed by atoms with Crippen LogP contribution in [0.2, 0.25) is 0 Å². The smallest absolute Gasteiger partial charge is 0.309 e. The molecule has 0 fully saturated rings. The van der Waals surface area contributed by atoms with E-state index < -0.39 is 17.5 Å². The summed E-state index contributed by atoms with van der Waals surface area (Å²) in [4.78, 5) is 24.7. The zero-order valence-corrected chi connectivity index (χ0v) is 21.1. The van der Waals surface area contributed by atoms with E-state index in [2.05, 4.69) is 63.2 Å². The number of carbonyl (C=O) groups is 2. The molecule has 0 saturated heterocycles. The largest absolute Gasteiger partial charge is 0.481 e. The molecule has 0 radical (unpaired) electrons. The van der Waals surface area contributed by atoms with Crippen molar-refractivity contribution < 1.29 is 19.4 Å². The molecule has 2 atom stereocenters. The van der Waals surface area contributed by atoms with Gasteiger partial charge in [0.15, 0.2) is 0 Å². The van der Waals surface area contributed by atoms with Crippen LogP contribution in [-0.4, -0.2) is 22.6 Å². The lowest BCUT2D eigenvalue weighted by Gasteiger charge is -2.25. The Morgan fingerprint density at radius 1 is 0.939 bits per heavy atom. The third-order valence-electron chi connectivity index (χ3n) is 6.07. The van der Waals surface area contributed by atoms with Crippen molar-refractivity contribution in [3.05, 3.63) is 59.2 Å². The summed E-state index contributed by atoms with van der Waals surface area (Å²) in [5, 5.41) is 9.84. The van der Waals surface area contributed by atoms with E-state index in [0.29, 0.717) is 25.7 Å². The van der Waals surface area contributed by atoms with Crippen molar-refractivity contribution in [3.63, 3.8) is 0 Å². The molecule has 4 nitrogen and oxygen atoms in total. The molecule has 0 saturated carbocycles. The van der Waals surface area contributed by atoms with Crippen molar-refractivity contribution in [1.29, 1.82) is 0 Å². The molecule has 0 unspecified atom stereocenters.